The fraction of sp³-hybridized carbons (Fsp3) is 0.174. The van der Waals surface area contributed by atoms with E-state index >= 15 is 0 Å². The molecule has 3 aromatic carbocycles. The van der Waals surface area contributed by atoms with Crippen molar-refractivity contribution >= 4 is 23.5 Å². The summed E-state index contributed by atoms with van der Waals surface area (Å²) < 4.78 is 11.5. The number of aryl methyl sites for hydroxylation is 2. The van der Waals surface area contributed by atoms with Crippen molar-refractivity contribution in [3.8, 4) is 11.5 Å². The number of nitrogens with one attached hydrogen (secondary N) is 1. The van der Waals surface area contributed by atoms with Gasteiger partial charge in [-0.05, 0) is 49.2 Å². The number of anilines is 1. The van der Waals surface area contributed by atoms with Gasteiger partial charge < -0.3 is 9.47 Å². The number of hydrazone groups is 1. The standard InChI is InChI=1S/C23H23ClN2O2/c1-16-6-4-7-18(12-16)15-28-23-19(8-5-9-22(23)27-3)14-25-26-20-11-10-17(2)21(24)13-20/h4-14,26H,15H2,1-3H3/b25-14+. The molecule has 4 nitrogen and oxygen atoms in total. The average Bonchev–Trinajstić information content (AvgIpc) is 2.69. The highest BCUT2D eigenvalue weighted by Gasteiger charge is 2.10. The van der Waals surface area contributed by atoms with Crippen LogP contribution in [-0.4, -0.2) is 13.3 Å². The second-order valence-corrected chi connectivity index (χ2v) is 6.90. The second kappa shape index (κ2) is 9.29. The van der Waals surface area contributed by atoms with Crippen LogP contribution in [0, 0.1) is 13.8 Å². The molecular weight excluding hydrogens is 372 g/mol. The van der Waals surface area contributed by atoms with Crippen LogP contribution in [0.25, 0.3) is 0 Å². The third-order valence-electron chi connectivity index (χ3n) is 4.26. The lowest BCUT2D eigenvalue weighted by Crippen LogP contribution is -2.01. The lowest BCUT2D eigenvalue weighted by Gasteiger charge is -2.13. The van der Waals surface area contributed by atoms with E-state index in [2.05, 4.69) is 29.6 Å². The van der Waals surface area contributed by atoms with E-state index in [0.717, 1.165) is 22.4 Å². The number of nitrogens with zero attached hydrogens (tertiary/aromatic N) is 1. The minimum atomic E-state index is 0.448. The summed E-state index contributed by atoms with van der Waals surface area (Å²) in [5.74, 6) is 1.31. The Morgan fingerprint density at radius 1 is 1.04 bits per heavy atom. The molecule has 5 heteroatoms. The molecule has 0 fully saturated rings. The maximum atomic E-state index is 6.16. The summed E-state index contributed by atoms with van der Waals surface area (Å²) in [7, 11) is 1.63. The first-order chi connectivity index (χ1) is 13.6. The third kappa shape index (κ3) is 5.05. The molecule has 0 bridgehead atoms. The van der Waals surface area contributed by atoms with Gasteiger partial charge in [0.2, 0.25) is 0 Å². The van der Waals surface area contributed by atoms with Crippen LogP contribution in [0.4, 0.5) is 5.69 Å². The van der Waals surface area contributed by atoms with E-state index in [1.165, 1.54) is 5.56 Å². The van der Waals surface area contributed by atoms with Gasteiger partial charge in [0, 0.05) is 10.6 Å². The third-order valence-corrected chi connectivity index (χ3v) is 4.67. The van der Waals surface area contributed by atoms with Crippen molar-refractivity contribution in [2.24, 2.45) is 5.10 Å². The molecule has 3 rings (SSSR count). The van der Waals surface area contributed by atoms with Crippen molar-refractivity contribution in [2.45, 2.75) is 20.5 Å². The number of hydrogen-bond acceptors (Lipinski definition) is 4. The molecule has 0 unspecified atom stereocenters. The second-order valence-electron chi connectivity index (χ2n) is 6.49. The summed E-state index contributed by atoms with van der Waals surface area (Å²) in [5.41, 5.74) is 7.95. The van der Waals surface area contributed by atoms with Crippen LogP contribution in [0.3, 0.4) is 0 Å². The van der Waals surface area contributed by atoms with Gasteiger partial charge in [0.15, 0.2) is 11.5 Å². The molecule has 144 valence electrons. The molecule has 0 saturated carbocycles. The molecule has 0 saturated heterocycles. The minimum Gasteiger partial charge on any atom is -0.493 e. The van der Waals surface area contributed by atoms with Crippen molar-refractivity contribution in [3.63, 3.8) is 0 Å². The zero-order chi connectivity index (χ0) is 19.9. The van der Waals surface area contributed by atoms with Gasteiger partial charge in [-0.2, -0.15) is 5.10 Å². The summed E-state index contributed by atoms with van der Waals surface area (Å²) in [6, 6.07) is 19.7. The Kier molecular flexibility index (Phi) is 6.56. The maximum Gasteiger partial charge on any atom is 0.170 e. The number of benzene rings is 3. The zero-order valence-corrected chi connectivity index (χ0v) is 17.0. The molecule has 3 aromatic rings. The van der Waals surface area contributed by atoms with Crippen molar-refractivity contribution in [3.05, 3.63) is 87.9 Å². The highest BCUT2D eigenvalue weighted by atomic mass is 35.5. The summed E-state index contributed by atoms with van der Waals surface area (Å²) in [4.78, 5) is 0. The first-order valence-electron chi connectivity index (χ1n) is 8.97. The number of methoxy groups -OCH3 is 1. The highest BCUT2D eigenvalue weighted by molar-refractivity contribution is 6.31. The van der Waals surface area contributed by atoms with Crippen LogP contribution in [-0.2, 0) is 6.61 Å². The maximum absolute atomic E-state index is 6.16. The van der Waals surface area contributed by atoms with Crippen LogP contribution in [0.5, 0.6) is 11.5 Å². The van der Waals surface area contributed by atoms with E-state index in [0.29, 0.717) is 23.1 Å². The predicted molar refractivity (Wildman–Crippen MR) is 116 cm³/mol. The topological polar surface area (TPSA) is 42.8 Å². The first kappa shape index (κ1) is 19.8. The normalized spacial score (nSPS) is 10.9. The summed E-state index contributed by atoms with van der Waals surface area (Å²) in [6.45, 7) is 4.47. The molecule has 0 amide bonds. The highest BCUT2D eigenvalue weighted by Crippen LogP contribution is 2.31. The summed E-state index contributed by atoms with van der Waals surface area (Å²) in [5, 5.41) is 5.02. The SMILES string of the molecule is COc1cccc(/C=N/Nc2ccc(C)c(Cl)c2)c1OCc1cccc(C)c1. The number of ether oxygens (including phenoxy) is 2. The minimum absolute atomic E-state index is 0.448. The molecule has 0 radical (unpaired) electrons. The lowest BCUT2D eigenvalue weighted by molar-refractivity contribution is 0.284. The molecular formula is C23H23ClN2O2. The van der Waals surface area contributed by atoms with Crippen molar-refractivity contribution in [1.29, 1.82) is 0 Å². The van der Waals surface area contributed by atoms with Gasteiger partial charge in [-0.1, -0.05) is 53.6 Å². The molecule has 0 atom stereocenters. The van der Waals surface area contributed by atoms with E-state index in [4.69, 9.17) is 21.1 Å². The van der Waals surface area contributed by atoms with Gasteiger partial charge >= 0.3 is 0 Å². The van der Waals surface area contributed by atoms with E-state index in [1.807, 2.05) is 55.5 Å². The summed E-state index contributed by atoms with van der Waals surface area (Å²) >= 11 is 6.16. The molecule has 0 aliphatic carbocycles. The fourth-order valence-corrected chi connectivity index (χ4v) is 2.93. The van der Waals surface area contributed by atoms with E-state index < -0.39 is 0 Å². The van der Waals surface area contributed by atoms with Gasteiger partial charge in [0.1, 0.15) is 6.61 Å². The molecule has 0 heterocycles. The Hall–Kier alpha value is -2.98. The molecule has 28 heavy (non-hydrogen) atoms. The van der Waals surface area contributed by atoms with Crippen LogP contribution < -0.4 is 14.9 Å². The largest absolute Gasteiger partial charge is 0.493 e. The monoisotopic (exact) mass is 394 g/mol. The Bertz CT molecular complexity index is 986. The van der Waals surface area contributed by atoms with Crippen molar-refractivity contribution in [2.75, 3.05) is 12.5 Å². The lowest BCUT2D eigenvalue weighted by atomic mass is 10.1. The number of halogens is 1. The Labute approximate surface area is 170 Å². The van der Waals surface area contributed by atoms with Crippen molar-refractivity contribution in [1.82, 2.24) is 0 Å². The van der Waals surface area contributed by atoms with Crippen LogP contribution in [0.2, 0.25) is 5.02 Å². The number of para-hydroxylation sites is 1. The van der Waals surface area contributed by atoms with Crippen molar-refractivity contribution < 1.29 is 9.47 Å². The van der Waals surface area contributed by atoms with Gasteiger partial charge in [0.25, 0.3) is 0 Å². The van der Waals surface area contributed by atoms with E-state index in [1.54, 1.807) is 13.3 Å². The predicted octanol–water partition coefficient (Wildman–Crippen LogP) is 5.99. The molecule has 0 aliphatic rings. The number of hydrogen-bond donors (Lipinski definition) is 1. The van der Waals surface area contributed by atoms with E-state index in [9.17, 15) is 0 Å². The molecule has 0 aliphatic heterocycles. The number of rotatable bonds is 7. The van der Waals surface area contributed by atoms with Crippen LogP contribution >= 0.6 is 11.6 Å². The Balaban J connectivity index is 1.77. The van der Waals surface area contributed by atoms with Gasteiger partial charge in [0.05, 0.1) is 19.0 Å². The quantitative estimate of drug-likeness (QED) is 0.395. The van der Waals surface area contributed by atoms with E-state index in [-0.39, 0.29) is 0 Å². The fourth-order valence-electron chi connectivity index (χ4n) is 2.75. The molecule has 1 N–H and O–H groups in total. The van der Waals surface area contributed by atoms with Crippen LogP contribution in [0.1, 0.15) is 22.3 Å². The smallest absolute Gasteiger partial charge is 0.170 e. The van der Waals surface area contributed by atoms with Gasteiger partial charge in [-0.25, -0.2) is 0 Å². The molecule has 0 aromatic heterocycles. The van der Waals surface area contributed by atoms with Crippen LogP contribution in [0.15, 0.2) is 65.8 Å². The first-order valence-corrected chi connectivity index (χ1v) is 9.35. The van der Waals surface area contributed by atoms with Gasteiger partial charge in [-0.15, -0.1) is 0 Å². The Morgan fingerprint density at radius 3 is 2.61 bits per heavy atom. The zero-order valence-electron chi connectivity index (χ0n) is 16.2. The van der Waals surface area contributed by atoms with Gasteiger partial charge in [-0.3, -0.25) is 5.43 Å². The molecule has 0 spiro atoms. The average molecular weight is 395 g/mol. The Morgan fingerprint density at radius 2 is 1.86 bits per heavy atom. The summed E-state index contributed by atoms with van der Waals surface area (Å²) in [6.07, 6.45) is 1.71.